The number of aliphatic imine (C=N–C) groups is 1. The van der Waals surface area contributed by atoms with E-state index >= 15 is 0 Å². The Balaban J connectivity index is 4.00. The van der Waals surface area contributed by atoms with Crippen molar-refractivity contribution >= 4 is 11.9 Å². The van der Waals surface area contributed by atoms with Crippen LogP contribution in [0, 0.1) is 0 Å². The van der Waals surface area contributed by atoms with Gasteiger partial charge in [-0.25, -0.2) is 0 Å². The van der Waals surface area contributed by atoms with Crippen LogP contribution in [0.2, 0.25) is 0 Å². The first-order valence-electron chi connectivity index (χ1n) is 5.44. The van der Waals surface area contributed by atoms with E-state index in [1.165, 1.54) is 0 Å². The Kier molecular flexibility index (Phi) is 6.52. The standard InChI is InChI=1S/C10H22N4O3/c1-10(2,3)17-14-7(8(15)16)5-4-6-13-9(11)12/h7,14H,4-6H2,1-3H3,(H,15,16)(H4,11,12,13). The molecule has 1 unspecified atom stereocenters. The number of guanidine groups is 1. The summed E-state index contributed by atoms with van der Waals surface area (Å²) in [5, 5.41) is 8.95. The fourth-order valence-corrected chi connectivity index (χ4v) is 0.984. The van der Waals surface area contributed by atoms with Gasteiger partial charge in [0.15, 0.2) is 5.96 Å². The molecule has 6 N–H and O–H groups in total. The summed E-state index contributed by atoms with van der Waals surface area (Å²) in [6, 6.07) is -0.761. The van der Waals surface area contributed by atoms with Gasteiger partial charge in [-0.3, -0.25) is 14.6 Å². The van der Waals surface area contributed by atoms with Crippen molar-refractivity contribution in [3.63, 3.8) is 0 Å². The molecule has 7 heteroatoms. The lowest BCUT2D eigenvalue weighted by Gasteiger charge is -2.22. The minimum absolute atomic E-state index is 0.00998. The minimum atomic E-state index is -0.959. The highest BCUT2D eigenvalue weighted by molar-refractivity contribution is 5.75. The van der Waals surface area contributed by atoms with Crippen LogP contribution in [0.15, 0.2) is 4.99 Å². The molecule has 100 valence electrons. The molecule has 0 fully saturated rings. The average Bonchev–Trinajstić information content (AvgIpc) is 2.13. The van der Waals surface area contributed by atoms with E-state index in [1.54, 1.807) is 0 Å². The summed E-state index contributed by atoms with van der Waals surface area (Å²) in [5.74, 6) is -0.949. The Morgan fingerprint density at radius 1 is 1.47 bits per heavy atom. The van der Waals surface area contributed by atoms with Gasteiger partial charge in [0, 0.05) is 6.54 Å². The summed E-state index contributed by atoms with van der Waals surface area (Å²) >= 11 is 0. The summed E-state index contributed by atoms with van der Waals surface area (Å²) in [6.07, 6.45) is 0.956. The Morgan fingerprint density at radius 2 is 2.06 bits per heavy atom. The smallest absolute Gasteiger partial charge is 0.323 e. The molecule has 0 bridgehead atoms. The number of hydrogen-bond donors (Lipinski definition) is 4. The third-order valence-electron chi connectivity index (χ3n) is 1.75. The number of nitrogens with one attached hydrogen (secondary N) is 1. The second kappa shape index (κ2) is 7.08. The average molecular weight is 246 g/mol. The number of rotatable bonds is 7. The van der Waals surface area contributed by atoms with E-state index in [0.29, 0.717) is 19.4 Å². The molecule has 0 amide bonds. The quantitative estimate of drug-likeness (QED) is 0.214. The molecule has 0 saturated heterocycles. The number of carboxylic acid groups (broad SMARTS) is 1. The van der Waals surface area contributed by atoms with Crippen LogP contribution < -0.4 is 16.9 Å². The maximum absolute atomic E-state index is 10.9. The summed E-state index contributed by atoms with van der Waals surface area (Å²) < 4.78 is 0. The van der Waals surface area contributed by atoms with Crippen molar-refractivity contribution in [2.24, 2.45) is 16.5 Å². The first-order chi connectivity index (χ1) is 7.72. The Bertz CT molecular complexity index is 269. The van der Waals surface area contributed by atoms with E-state index in [-0.39, 0.29) is 5.96 Å². The number of hydroxylamine groups is 1. The number of hydrogen-bond acceptors (Lipinski definition) is 4. The highest BCUT2D eigenvalue weighted by Crippen LogP contribution is 2.06. The largest absolute Gasteiger partial charge is 0.480 e. The normalized spacial score (nSPS) is 13.1. The van der Waals surface area contributed by atoms with Crippen LogP contribution in [0.25, 0.3) is 0 Å². The van der Waals surface area contributed by atoms with Gasteiger partial charge in [-0.1, -0.05) is 0 Å². The van der Waals surface area contributed by atoms with Crippen molar-refractivity contribution in [1.29, 1.82) is 0 Å². The van der Waals surface area contributed by atoms with Crippen molar-refractivity contribution < 1.29 is 14.7 Å². The third kappa shape index (κ3) is 9.58. The van der Waals surface area contributed by atoms with Crippen molar-refractivity contribution in [3.05, 3.63) is 0 Å². The maximum Gasteiger partial charge on any atom is 0.323 e. The van der Waals surface area contributed by atoms with E-state index < -0.39 is 17.6 Å². The number of carbonyl (C=O) groups is 1. The topological polar surface area (TPSA) is 123 Å². The van der Waals surface area contributed by atoms with E-state index in [0.717, 1.165) is 0 Å². The van der Waals surface area contributed by atoms with E-state index in [1.807, 2.05) is 20.8 Å². The van der Waals surface area contributed by atoms with E-state index in [9.17, 15) is 4.79 Å². The number of carboxylic acids is 1. The van der Waals surface area contributed by atoms with Crippen molar-refractivity contribution in [2.75, 3.05) is 6.54 Å². The second-order valence-electron chi connectivity index (χ2n) is 4.67. The predicted octanol–water partition coefficient (Wildman–Crippen LogP) is -0.187. The molecular formula is C10H22N4O3. The zero-order chi connectivity index (χ0) is 13.5. The van der Waals surface area contributed by atoms with Gasteiger partial charge in [-0.15, -0.1) is 0 Å². The molecule has 0 aliphatic heterocycles. The number of aliphatic carboxylic acids is 1. The summed E-state index contributed by atoms with van der Waals surface area (Å²) in [5.41, 5.74) is 12.4. The lowest BCUT2D eigenvalue weighted by molar-refractivity contribution is -0.150. The van der Waals surface area contributed by atoms with Crippen molar-refractivity contribution in [3.8, 4) is 0 Å². The molecular weight excluding hydrogens is 224 g/mol. The maximum atomic E-state index is 10.9. The van der Waals surface area contributed by atoms with Crippen molar-refractivity contribution in [1.82, 2.24) is 5.48 Å². The lowest BCUT2D eigenvalue weighted by atomic mass is 10.1. The molecule has 0 radical (unpaired) electrons. The van der Waals surface area contributed by atoms with Crippen LogP contribution in [0.5, 0.6) is 0 Å². The molecule has 0 saturated carbocycles. The molecule has 0 aromatic rings. The molecule has 0 aliphatic rings. The van der Waals surface area contributed by atoms with Gasteiger partial charge < -0.3 is 16.6 Å². The van der Waals surface area contributed by atoms with Crippen molar-refractivity contribution in [2.45, 2.75) is 45.3 Å². The van der Waals surface area contributed by atoms with Gasteiger partial charge in [-0.2, -0.15) is 5.48 Å². The van der Waals surface area contributed by atoms with Gasteiger partial charge in [0.2, 0.25) is 0 Å². The first kappa shape index (κ1) is 15.7. The van der Waals surface area contributed by atoms with Crippen LogP contribution in [-0.2, 0) is 9.63 Å². The van der Waals surface area contributed by atoms with Gasteiger partial charge >= 0.3 is 5.97 Å². The SMILES string of the molecule is CC(C)(C)ONC(CCCN=C(N)N)C(=O)O. The van der Waals surface area contributed by atoms with Crippen LogP contribution in [0.4, 0.5) is 0 Å². The fourth-order valence-electron chi connectivity index (χ4n) is 0.984. The monoisotopic (exact) mass is 246 g/mol. The fraction of sp³-hybridized carbons (Fsp3) is 0.800. The van der Waals surface area contributed by atoms with Crippen LogP contribution >= 0.6 is 0 Å². The molecule has 0 aromatic carbocycles. The van der Waals surface area contributed by atoms with Crippen LogP contribution in [0.1, 0.15) is 33.6 Å². The highest BCUT2D eigenvalue weighted by Gasteiger charge is 2.20. The van der Waals surface area contributed by atoms with Gasteiger partial charge in [-0.05, 0) is 33.6 Å². The molecule has 0 spiro atoms. The van der Waals surface area contributed by atoms with E-state index in [4.69, 9.17) is 21.4 Å². The zero-order valence-corrected chi connectivity index (χ0v) is 10.6. The van der Waals surface area contributed by atoms with Gasteiger partial charge in [0.1, 0.15) is 6.04 Å². The Morgan fingerprint density at radius 3 is 2.47 bits per heavy atom. The van der Waals surface area contributed by atoms with Crippen LogP contribution in [0.3, 0.4) is 0 Å². The molecule has 0 heterocycles. The molecule has 17 heavy (non-hydrogen) atoms. The number of nitrogens with zero attached hydrogens (tertiary/aromatic N) is 1. The third-order valence-corrected chi connectivity index (χ3v) is 1.75. The van der Waals surface area contributed by atoms with Gasteiger partial charge in [0.05, 0.1) is 5.60 Å². The summed E-state index contributed by atoms with van der Waals surface area (Å²) in [6.45, 7) is 5.90. The second-order valence-corrected chi connectivity index (χ2v) is 4.67. The van der Waals surface area contributed by atoms with Crippen LogP contribution in [-0.4, -0.2) is 35.2 Å². The molecule has 1 atom stereocenters. The highest BCUT2D eigenvalue weighted by atomic mass is 16.7. The minimum Gasteiger partial charge on any atom is -0.480 e. The Labute approximate surface area is 101 Å². The molecule has 7 nitrogen and oxygen atoms in total. The molecule has 0 aliphatic carbocycles. The zero-order valence-electron chi connectivity index (χ0n) is 10.6. The molecule has 0 rings (SSSR count). The Hall–Kier alpha value is -1.34. The lowest BCUT2D eigenvalue weighted by Crippen LogP contribution is -2.41. The summed E-state index contributed by atoms with van der Waals surface area (Å²) in [4.78, 5) is 19.9. The van der Waals surface area contributed by atoms with Gasteiger partial charge in [0.25, 0.3) is 0 Å². The predicted molar refractivity (Wildman–Crippen MR) is 65.3 cm³/mol. The number of nitrogens with two attached hydrogens (primary N) is 2. The molecule has 0 aromatic heterocycles. The summed E-state index contributed by atoms with van der Waals surface area (Å²) in [7, 11) is 0. The van der Waals surface area contributed by atoms with E-state index in [2.05, 4.69) is 10.5 Å². The first-order valence-corrected chi connectivity index (χ1v) is 5.44.